The molecule has 0 amide bonds. The predicted molar refractivity (Wildman–Crippen MR) is 67.2 cm³/mol. The molecule has 0 aromatic carbocycles. The molecule has 0 unspecified atom stereocenters. The lowest BCUT2D eigenvalue weighted by atomic mass is 10.7. The maximum absolute atomic E-state index is 3.94. The fraction of sp³-hybridized carbons (Fsp3) is 0.400. The lowest BCUT2D eigenvalue weighted by Crippen LogP contribution is -1.56. The molecule has 0 fully saturated rings. The number of hydrogen-bond acceptors (Lipinski definition) is 4. The van der Waals surface area contributed by atoms with Crippen LogP contribution in [0.15, 0.2) is 23.3 Å². The fourth-order valence-corrected chi connectivity index (χ4v) is 1.42. The van der Waals surface area contributed by atoms with Gasteiger partial charge in [0.2, 0.25) is 0 Å². The molecule has 0 N–H and O–H groups in total. The van der Waals surface area contributed by atoms with Crippen LogP contribution in [0.5, 0.6) is 0 Å². The second-order valence-electron chi connectivity index (χ2n) is 2.16. The molecule has 2 aromatic rings. The molecular formula is C10H18N2S2. The van der Waals surface area contributed by atoms with Gasteiger partial charge in [-0.3, -0.25) is 9.97 Å². The lowest BCUT2D eigenvalue weighted by Gasteiger charge is -1.65. The van der Waals surface area contributed by atoms with E-state index in [-0.39, 0.29) is 14.9 Å². The fourth-order valence-electron chi connectivity index (χ4n) is 0.574. The smallest absolute Gasteiger partial charge is 0.0893 e. The van der Waals surface area contributed by atoms with E-state index in [0.717, 1.165) is 5.01 Å². The molecule has 0 saturated carbocycles. The van der Waals surface area contributed by atoms with Crippen LogP contribution in [0.1, 0.15) is 24.7 Å². The highest BCUT2D eigenvalue weighted by Crippen LogP contribution is 1.99. The SMILES string of the molecule is C.C.Cc1cncs1.Cc1nccs1. The third-order valence-corrected chi connectivity index (χ3v) is 2.52. The van der Waals surface area contributed by atoms with E-state index in [0.29, 0.717) is 0 Å². The Balaban J connectivity index is 0. The highest BCUT2D eigenvalue weighted by molar-refractivity contribution is 7.09. The molecule has 2 nitrogen and oxygen atoms in total. The van der Waals surface area contributed by atoms with E-state index in [1.165, 1.54) is 4.88 Å². The van der Waals surface area contributed by atoms with Crippen LogP contribution in [0.4, 0.5) is 0 Å². The van der Waals surface area contributed by atoms with Crippen LogP contribution in [0, 0.1) is 13.8 Å². The minimum Gasteiger partial charge on any atom is -0.253 e. The molecule has 0 radical (unpaired) electrons. The molecule has 2 rings (SSSR count). The van der Waals surface area contributed by atoms with Gasteiger partial charge in [0.15, 0.2) is 0 Å². The number of aromatic nitrogens is 2. The van der Waals surface area contributed by atoms with Gasteiger partial charge in [-0.2, -0.15) is 0 Å². The topological polar surface area (TPSA) is 25.8 Å². The molecule has 0 aliphatic carbocycles. The van der Waals surface area contributed by atoms with Crippen LogP contribution < -0.4 is 0 Å². The van der Waals surface area contributed by atoms with Crippen LogP contribution in [0.25, 0.3) is 0 Å². The molecule has 0 bridgehead atoms. The summed E-state index contributed by atoms with van der Waals surface area (Å²) < 4.78 is 0. The molecule has 80 valence electrons. The van der Waals surface area contributed by atoms with Gasteiger partial charge < -0.3 is 0 Å². The number of thiazole rings is 2. The Labute approximate surface area is 94.7 Å². The maximum Gasteiger partial charge on any atom is 0.0893 e. The minimum atomic E-state index is 0. The van der Waals surface area contributed by atoms with Gasteiger partial charge in [-0.05, 0) is 13.8 Å². The van der Waals surface area contributed by atoms with E-state index >= 15 is 0 Å². The Morgan fingerprint density at radius 2 is 1.86 bits per heavy atom. The van der Waals surface area contributed by atoms with Gasteiger partial charge in [0, 0.05) is 22.7 Å². The molecule has 0 spiro atoms. The van der Waals surface area contributed by atoms with Crippen molar-refractivity contribution in [2.24, 2.45) is 0 Å². The maximum atomic E-state index is 3.94. The Morgan fingerprint density at radius 1 is 1.14 bits per heavy atom. The normalized spacial score (nSPS) is 7.57. The van der Waals surface area contributed by atoms with Gasteiger partial charge in [0.1, 0.15) is 0 Å². The summed E-state index contributed by atoms with van der Waals surface area (Å²) in [5.74, 6) is 0. The first-order valence-electron chi connectivity index (χ1n) is 3.50. The lowest BCUT2D eigenvalue weighted by molar-refractivity contribution is 1.30. The summed E-state index contributed by atoms with van der Waals surface area (Å²) in [5.41, 5.74) is 1.83. The zero-order valence-corrected chi connectivity index (χ0v) is 8.65. The van der Waals surface area contributed by atoms with Crippen LogP contribution in [0.3, 0.4) is 0 Å². The Bertz CT molecular complexity index is 256. The third-order valence-electron chi connectivity index (χ3n) is 1.11. The quantitative estimate of drug-likeness (QED) is 0.678. The van der Waals surface area contributed by atoms with Crippen LogP contribution in [0.2, 0.25) is 0 Å². The average Bonchev–Trinajstić information content (AvgIpc) is 2.63. The first-order valence-corrected chi connectivity index (χ1v) is 5.26. The van der Waals surface area contributed by atoms with Gasteiger partial charge >= 0.3 is 0 Å². The van der Waals surface area contributed by atoms with Crippen molar-refractivity contribution in [1.82, 2.24) is 9.97 Å². The van der Waals surface area contributed by atoms with Crippen molar-refractivity contribution in [2.75, 3.05) is 0 Å². The average molecular weight is 230 g/mol. The molecular weight excluding hydrogens is 212 g/mol. The zero-order valence-electron chi connectivity index (χ0n) is 7.02. The van der Waals surface area contributed by atoms with E-state index in [9.17, 15) is 0 Å². The van der Waals surface area contributed by atoms with Gasteiger partial charge in [0.05, 0.1) is 10.5 Å². The van der Waals surface area contributed by atoms with Crippen LogP contribution >= 0.6 is 22.7 Å². The molecule has 2 aromatic heterocycles. The van der Waals surface area contributed by atoms with Crippen molar-refractivity contribution in [2.45, 2.75) is 28.7 Å². The van der Waals surface area contributed by atoms with Crippen molar-refractivity contribution in [3.05, 3.63) is 33.2 Å². The van der Waals surface area contributed by atoms with Gasteiger partial charge in [-0.1, -0.05) is 14.9 Å². The molecule has 0 aliphatic rings. The van der Waals surface area contributed by atoms with E-state index < -0.39 is 0 Å². The van der Waals surface area contributed by atoms with Gasteiger partial charge in [-0.25, -0.2) is 0 Å². The summed E-state index contributed by atoms with van der Waals surface area (Å²) in [5, 5.41) is 3.10. The summed E-state index contributed by atoms with van der Waals surface area (Å²) in [4.78, 5) is 9.05. The molecule has 4 heteroatoms. The van der Waals surface area contributed by atoms with Crippen molar-refractivity contribution < 1.29 is 0 Å². The number of hydrogen-bond donors (Lipinski definition) is 0. The van der Waals surface area contributed by atoms with Crippen LogP contribution in [-0.4, -0.2) is 9.97 Å². The van der Waals surface area contributed by atoms with E-state index in [2.05, 4.69) is 9.97 Å². The second-order valence-corrected chi connectivity index (χ2v) is 4.35. The molecule has 14 heavy (non-hydrogen) atoms. The van der Waals surface area contributed by atoms with E-state index in [4.69, 9.17) is 0 Å². The van der Waals surface area contributed by atoms with Crippen molar-refractivity contribution in [1.29, 1.82) is 0 Å². The minimum absolute atomic E-state index is 0. The molecule has 0 saturated heterocycles. The van der Waals surface area contributed by atoms with Crippen molar-refractivity contribution in [3.63, 3.8) is 0 Å². The number of rotatable bonds is 0. The third kappa shape index (κ3) is 6.74. The molecule has 0 aliphatic heterocycles. The number of nitrogens with zero attached hydrogens (tertiary/aromatic N) is 2. The van der Waals surface area contributed by atoms with Crippen molar-refractivity contribution in [3.8, 4) is 0 Å². The highest BCUT2D eigenvalue weighted by atomic mass is 32.1. The Morgan fingerprint density at radius 3 is 2.00 bits per heavy atom. The van der Waals surface area contributed by atoms with Crippen molar-refractivity contribution >= 4 is 22.7 Å². The standard InChI is InChI=1S/2C4H5NS.2CH4/c1-4-2-5-3-6-4;1-4-5-2-3-6-4;;/h2*2-3H,1H3;2*1H4. The first kappa shape index (κ1) is 15.7. The highest BCUT2D eigenvalue weighted by Gasteiger charge is 1.76. The summed E-state index contributed by atoms with van der Waals surface area (Å²) in [7, 11) is 0. The summed E-state index contributed by atoms with van der Waals surface area (Å²) in [6, 6.07) is 0. The Kier molecular flexibility index (Phi) is 9.93. The number of aryl methyl sites for hydroxylation is 2. The summed E-state index contributed by atoms with van der Waals surface area (Å²) >= 11 is 3.33. The second kappa shape index (κ2) is 8.84. The summed E-state index contributed by atoms with van der Waals surface area (Å²) in [6.07, 6.45) is 3.66. The predicted octanol–water partition coefficient (Wildman–Crippen LogP) is 4.18. The van der Waals surface area contributed by atoms with E-state index in [1.807, 2.05) is 30.9 Å². The first-order chi connectivity index (χ1) is 5.79. The Hall–Kier alpha value is -0.740. The van der Waals surface area contributed by atoms with Crippen LogP contribution in [-0.2, 0) is 0 Å². The monoisotopic (exact) mass is 230 g/mol. The molecule has 2 heterocycles. The van der Waals surface area contributed by atoms with Gasteiger partial charge in [-0.15, -0.1) is 22.7 Å². The summed E-state index contributed by atoms with van der Waals surface area (Å²) in [6.45, 7) is 4.03. The molecule has 0 atom stereocenters. The van der Waals surface area contributed by atoms with Gasteiger partial charge in [0.25, 0.3) is 0 Å². The van der Waals surface area contributed by atoms with E-state index in [1.54, 1.807) is 28.9 Å². The largest absolute Gasteiger partial charge is 0.253 e. The zero-order chi connectivity index (χ0) is 8.81.